The van der Waals surface area contributed by atoms with Crippen molar-refractivity contribution in [2.75, 3.05) is 7.05 Å². The minimum absolute atomic E-state index is 0. The molecule has 8 heteroatoms. The zero-order valence-corrected chi connectivity index (χ0v) is 21.2. The van der Waals surface area contributed by atoms with Crippen molar-refractivity contribution < 1.29 is 9.26 Å². The maximum absolute atomic E-state index is 5.78. The van der Waals surface area contributed by atoms with Gasteiger partial charge in [-0.15, -0.1) is 24.0 Å². The predicted octanol–water partition coefficient (Wildman–Crippen LogP) is 5.04. The molecule has 0 aliphatic heterocycles. The summed E-state index contributed by atoms with van der Waals surface area (Å²) in [5.74, 6) is 2.77. The Hall–Kier alpha value is -2.62. The summed E-state index contributed by atoms with van der Waals surface area (Å²) < 4.78 is 11.2. The van der Waals surface area contributed by atoms with Gasteiger partial charge in [0.15, 0.2) is 11.7 Å². The molecule has 7 nitrogen and oxygen atoms in total. The van der Waals surface area contributed by atoms with Crippen LogP contribution in [0.3, 0.4) is 0 Å². The zero-order chi connectivity index (χ0) is 21.9. The highest BCUT2D eigenvalue weighted by Crippen LogP contribution is 2.22. The van der Waals surface area contributed by atoms with Gasteiger partial charge in [0.1, 0.15) is 12.4 Å². The standard InChI is InChI=1S/C24H31N5O2.HI/c1-4-19(5-2)23-14-22(31-29-23)16-28-24(25-3)27-15-18-9-11-21(12-10-18)30-17-20-8-6-7-13-26-20;/h6-14,19H,4-5,15-17H2,1-3H3,(H2,25,27,28);1H. The van der Waals surface area contributed by atoms with Crippen molar-refractivity contribution in [1.29, 1.82) is 0 Å². The van der Waals surface area contributed by atoms with E-state index in [0.29, 0.717) is 31.6 Å². The number of ether oxygens (including phenoxy) is 1. The van der Waals surface area contributed by atoms with Gasteiger partial charge in [-0.3, -0.25) is 9.98 Å². The lowest BCUT2D eigenvalue weighted by molar-refractivity contribution is 0.301. The number of hydrogen-bond acceptors (Lipinski definition) is 5. The first kappa shape index (κ1) is 25.6. The molecule has 0 radical (unpaired) electrons. The summed E-state index contributed by atoms with van der Waals surface area (Å²) in [7, 11) is 1.75. The van der Waals surface area contributed by atoms with E-state index >= 15 is 0 Å². The molecular weight excluding hydrogens is 517 g/mol. The van der Waals surface area contributed by atoms with Crippen LogP contribution in [0.5, 0.6) is 5.75 Å². The van der Waals surface area contributed by atoms with E-state index in [1.165, 1.54) is 0 Å². The molecule has 2 aromatic heterocycles. The van der Waals surface area contributed by atoms with Crippen molar-refractivity contribution in [2.24, 2.45) is 4.99 Å². The van der Waals surface area contributed by atoms with Gasteiger partial charge in [0.05, 0.1) is 17.9 Å². The van der Waals surface area contributed by atoms with Crippen LogP contribution in [0.4, 0.5) is 0 Å². The maximum atomic E-state index is 5.78. The molecule has 1 aromatic carbocycles. The summed E-state index contributed by atoms with van der Waals surface area (Å²) in [6, 6.07) is 15.8. The molecular formula is C24H32IN5O2. The fraction of sp³-hybridized carbons (Fsp3) is 0.375. The van der Waals surface area contributed by atoms with Crippen molar-refractivity contribution in [3.63, 3.8) is 0 Å². The van der Waals surface area contributed by atoms with Gasteiger partial charge in [-0.05, 0) is 42.7 Å². The number of pyridine rings is 1. The summed E-state index contributed by atoms with van der Waals surface area (Å²) >= 11 is 0. The molecule has 0 unspecified atom stereocenters. The quantitative estimate of drug-likeness (QED) is 0.210. The number of aliphatic imine (C=N–C) groups is 1. The van der Waals surface area contributed by atoms with E-state index in [2.05, 4.69) is 39.6 Å². The van der Waals surface area contributed by atoms with Gasteiger partial charge in [-0.25, -0.2) is 0 Å². The van der Waals surface area contributed by atoms with Crippen LogP contribution in [0.25, 0.3) is 0 Å². The van der Waals surface area contributed by atoms with Crippen LogP contribution < -0.4 is 15.4 Å². The van der Waals surface area contributed by atoms with Crippen LogP contribution in [-0.4, -0.2) is 23.1 Å². The fourth-order valence-corrected chi connectivity index (χ4v) is 3.23. The number of nitrogens with zero attached hydrogens (tertiary/aromatic N) is 3. The summed E-state index contributed by atoms with van der Waals surface area (Å²) in [4.78, 5) is 8.54. The number of nitrogens with one attached hydrogen (secondary N) is 2. The van der Waals surface area contributed by atoms with Crippen molar-refractivity contribution in [3.8, 4) is 5.75 Å². The zero-order valence-electron chi connectivity index (χ0n) is 18.9. The highest BCUT2D eigenvalue weighted by molar-refractivity contribution is 14.0. The van der Waals surface area contributed by atoms with Crippen LogP contribution in [0, 0.1) is 0 Å². The van der Waals surface area contributed by atoms with Crippen molar-refractivity contribution in [3.05, 3.63) is 77.4 Å². The smallest absolute Gasteiger partial charge is 0.191 e. The first-order valence-electron chi connectivity index (χ1n) is 10.7. The minimum Gasteiger partial charge on any atom is -0.487 e. The van der Waals surface area contributed by atoms with E-state index in [-0.39, 0.29) is 24.0 Å². The second-order valence-corrected chi connectivity index (χ2v) is 7.26. The van der Waals surface area contributed by atoms with Crippen LogP contribution in [0.1, 0.15) is 55.3 Å². The minimum atomic E-state index is 0. The monoisotopic (exact) mass is 549 g/mol. The molecule has 2 N–H and O–H groups in total. The Bertz CT molecular complexity index is 941. The number of benzene rings is 1. The molecule has 172 valence electrons. The van der Waals surface area contributed by atoms with E-state index < -0.39 is 0 Å². The number of hydrogen-bond donors (Lipinski definition) is 2. The second kappa shape index (κ2) is 13.7. The average molecular weight is 549 g/mol. The van der Waals surface area contributed by atoms with Crippen LogP contribution in [-0.2, 0) is 19.7 Å². The Morgan fingerprint density at radius 1 is 1.06 bits per heavy atom. The van der Waals surface area contributed by atoms with Crippen LogP contribution in [0.2, 0.25) is 0 Å². The first-order valence-corrected chi connectivity index (χ1v) is 10.7. The van der Waals surface area contributed by atoms with Crippen LogP contribution in [0.15, 0.2) is 64.2 Å². The predicted molar refractivity (Wildman–Crippen MR) is 137 cm³/mol. The largest absolute Gasteiger partial charge is 0.487 e. The number of aromatic nitrogens is 2. The van der Waals surface area contributed by atoms with E-state index in [9.17, 15) is 0 Å². The first-order chi connectivity index (χ1) is 15.2. The molecule has 0 atom stereocenters. The van der Waals surface area contributed by atoms with Gasteiger partial charge in [0.2, 0.25) is 0 Å². The Labute approximate surface area is 207 Å². The van der Waals surface area contributed by atoms with E-state index in [1.54, 1.807) is 13.2 Å². The lowest BCUT2D eigenvalue weighted by atomic mass is 9.99. The molecule has 3 aromatic rings. The third-order valence-corrected chi connectivity index (χ3v) is 5.13. The fourth-order valence-electron chi connectivity index (χ4n) is 3.23. The molecule has 0 amide bonds. The number of guanidine groups is 1. The average Bonchev–Trinajstić information content (AvgIpc) is 3.29. The van der Waals surface area contributed by atoms with Gasteiger partial charge in [-0.2, -0.15) is 0 Å². The lowest BCUT2D eigenvalue weighted by Gasteiger charge is -2.11. The van der Waals surface area contributed by atoms with Gasteiger partial charge in [0, 0.05) is 31.8 Å². The topological polar surface area (TPSA) is 84.6 Å². The Kier molecular flexibility index (Phi) is 11.0. The van der Waals surface area contributed by atoms with Gasteiger partial charge in [0.25, 0.3) is 0 Å². The SMILES string of the molecule is CCC(CC)c1cc(CNC(=NC)NCc2ccc(OCc3ccccn3)cc2)on1.I. The molecule has 32 heavy (non-hydrogen) atoms. The van der Waals surface area contributed by atoms with Crippen LogP contribution >= 0.6 is 24.0 Å². The van der Waals surface area contributed by atoms with E-state index in [4.69, 9.17) is 9.26 Å². The van der Waals surface area contributed by atoms with Crippen molar-refractivity contribution in [1.82, 2.24) is 20.8 Å². The molecule has 0 spiro atoms. The summed E-state index contributed by atoms with van der Waals surface area (Å²) in [5, 5.41) is 10.8. The molecule has 0 aliphatic carbocycles. The maximum Gasteiger partial charge on any atom is 0.191 e. The van der Waals surface area contributed by atoms with Crippen molar-refractivity contribution >= 4 is 29.9 Å². The summed E-state index contributed by atoms with van der Waals surface area (Å²) in [5.41, 5.74) is 3.06. The molecule has 2 heterocycles. The van der Waals surface area contributed by atoms with E-state index in [0.717, 1.165) is 41.3 Å². The molecule has 0 saturated heterocycles. The lowest BCUT2D eigenvalue weighted by Crippen LogP contribution is -2.36. The number of rotatable bonds is 10. The number of halogens is 1. The Balaban J connectivity index is 0.00000363. The molecule has 3 rings (SSSR count). The summed E-state index contributed by atoms with van der Waals surface area (Å²) in [6.07, 6.45) is 3.89. The molecule has 0 aliphatic rings. The highest BCUT2D eigenvalue weighted by Gasteiger charge is 2.13. The molecule has 0 fully saturated rings. The highest BCUT2D eigenvalue weighted by atomic mass is 127. The van der Waals surface area contributed by atoms with Gasteiger partial charge in [-0.1, -0.05) is 37.2 Å². The van der Waals surface area contributed by atoms with Gasteiger partial charge >= 0.3 is 0 Å². The molecule has 0 saturated carbocycles. The van der Waals surface area contributed by atoms with Crippen molar-refractivity contribution in [2.45, 2.75) is 52.3 Å². The third kappa shape index (κ3) is 7.81. The van der Waals surface area contributed by atoms with E-state index in [1.807, 2.05) is 48.5 Å². The van der Waals surface area contributed by atoms with Gasteiger partial charge < -0.3 is 19.9 Å². The summed E-state index contributed by atoms with van der Waals surface area (Å²) in [6.45, 7) is 5.98. The third-order valence-electron chi connectivity index (χ3n) is 5.13. The Morgan fingerprint density at radius 2 is 1.81 bits per heavy atom. The Morgan fingerprint density at radius 3 is 2.47 bits per heavy atom. The molecule has 0 bridgehead atoms. The normalized spacial score (nSPS) is 11.2. The second-order valence-electron chi connectivity index (χ2n) is 7.26.